The Kier molecular flexibility index (Phi) is 28.3. The smallest absolute Gasteiger partial charge is 0.193 e. The zero-order chi connectivity index (χ0) is 78.1. The molecular formula is C103H114O4. The van der Waals surface area contributed by atoms with Crippen molar-refractivity contribution in [2.24, 2.45) is 0 Å². The third-order valence-corrected chi connectivity index (χ3v) is 21.3. The van der Waals surface area contributed by atoms with Gasteiger partial charge in [-0.3, -0.25) is 4.79 Å². The van der Waals surface area contributed by atoms with Crippen LogP contribution in [-0.2, 0) is 5.41 Å². The highest BCUT2D eigenvalue weighted by Crippen LogP contribution is 2.36. The number of ketones is 1. The van der Waals surface area contributed by atoms with Crippen LogP contribution in [0.4, 0.5) is 0 Å². The maximum absolute atomic E-state index is 12.4. The number of carbonyl (C=O) groups is 1. The van der Waals surface area contributed by atoms with E-state index in [-0.39, 0.29) is 11.2 Å². The van der Waals surface area contributed by atoms with Gasteiger partial charge in [0.25, 0.3) is 0 Å². The number of ether oxygens (including phenoxy) is 3. The number of benzene rings is 13. The molecule has 0 atom stereocenters. The molecule has 550 valence electrons. The molecular weight excluding hydrogens is 1300 g/mol. The largest absolute Gasteiger partial charge is 0.457 e. The second-order valence-corrected chi connectivity index (χ2v) is 30.2. The minimum absolute atomic E-state index is 0.0983. The molecule has 0 spiro atoms. The van der Waals surface area contributed by atoms with Crippen molar-refractivity contribution in [3.63, 3.8) is 0 Å². The summed E-state index contributed by atoms with van der Waals surface area (Å²) in [6, 6.07) is 81.8. The third kappa shape index (κ3) is 22.4. The van der Waals surface area contributed by atoms with Crippen molar-refractivity contribution in [2.75, 3.05) is 0 Å². The summed E-state index contributed by atoms with van der Waals surface area (Å²) in [6.07, 6.45) is 0. The molecule has 0 aliphatic rings. The lowest BCUT2D eigenvalue weighted by atomic mass is 9.78. The molecule has 0 aliphatic heterocycles. The molecule has 0 fully saturated rings. The van der Waals surface area contributed by atoms with Gasteiger partial charge in [0.05, 0.1) is 0 Å². The quantitative estimate of drug-likeness (QED) is 0.121. The van der Waals surface area contributed by atoms with Crippen LogP contribution in [0, 0.1) is 159 Å². The molecule has 4 heteroatoms. The SMILES string of the molecule is Cc1cc(C)c(C)cc1C.Cc1ccc(-c2ccc(C)c(C)c2)cc1C.Cc1ccc(C(=O)c2ccc(C)c(C)c2)cc1C.Cc1ccc(C)c2c(C)ccc(C)c12.Cc1ccc(Oc2ccc(C(C)(C)c3ccc(Oc4ccc(C)c(C)c4)cc3)cc2)cc1C.Cc1cccc(Oc2ccc(C)c(C)c2)c1. The van der Waals surface area contributed by atoms with Gasteiger partial charge in [0, 0.05) is 16.5 Å². The lowest BCUT2D eigenvalue weighted by Gasteiger charge is -2.26. The van der Waals surface area contributed by atoms with Gasteiger partial charge in [-0.05, 0) is 405 Å². The average Bonchev–Trinajstić information content (AvgIpc) is 0.797. The van der Waals surface area contributed by atoms with E-state index in [1.807, 2.05) is 111 Å². The van der Waals surface area contributed by atoms with Crippen molar-refractivity contribution >= 4 is 16.6 Å². The molecule has 0 N–H and O–H groups in total. The van der Waals surface area contributed by atoms with Crippen LogP contribution < -0.4 is 14.2 Å². The lowest BCUT2D eigenvalue weighted by Crippen LogP contribution is -2.18. The predicted molar refractivity (Wildman–Crippen MR) is 459 cm³/mol. The van der Waals surface area contributed by atoms with Crippen molar-refractivity contribution in [3.05, 3.63) is 387 Å². The summed E-state index contributed by atoms with van der Waals surface area (Å²) in [5.74, 6) is 5.30. The molecule has 0 heterocycles. The highest BCUT2D eigenvalue weighted by molar-refractivity contribution is 6.09. The summed E-state index contributed by atoms with van der Waals surface area (Å²) < 4.78 is 17.9. The molecule has 13 aromatic rings. The molecule has 0 aliphatic carbocycles. The van der Waals surface area contributed by atoms with Crippen LogP contribution in [0.1, 0.15) is 169 Å². The Morgan fingerprint density at radius 1 is 0.215 bits per heavy atom. The van der Waals surface area contributed by atoms with Crippen LogP contribution in [0.5, 0.6) is 34.5 Å². The standard InChI is InChI=1S/C31H32O2.C17H18O.C16H18.C15H16O.C14H16.C10H14/c1-21-7-13-29(19-23(21)3)32-27-15-9-25(10-16-27)31(5,6)26-11-17-28(18-12-26)33-30-14-8-22(2)24(4)20-30;1-11-5-7-15(9-13(11)3)17(18)16-8-6-12(2)14(4)10-16;1-11-5-7-15(9-13(11)3)16-8-6-12(2)14(4)10-16;1-11-5-4-6-14(9-11)16-15-8-7-12(2)13(3)10-15;1-9-5-6-11(3)14-12(4)8-7-10(2)13(9)14;1-7-5-9(3)10(4)6-8(7)2/h7-20H,1-6H3;5-10H,1-4H3;5-10H,1-4H3;4-10H,1-3H3;5-8H,1-4H3;5-6H,1-4H3. The van der Waals surface area contributed by atoms with Gasteiger partial charge in [0.1, 0.15) is 34.5 Å². The summed E-state index contributed by atoms with van der Waals surface area (Å²) >= 11 is 0. The summed E-state index contributed by atoms with van der Waals surface area (Å²) in [5.41, 5.74) is 36.5. The summed E-state index contributed by atoms with van der Waals surface area (Å²) in [5, 5.41) is 2.87. The van der Waals surface area contributed by atoms with E-state index in [1.54, 1.807) is 0 Å². The summed E-state index contributed by atoms with van der Waals surface area (Å²) in [7, 11) is 0. The number of carbonyl (C=O) groups excluding carboxylic acids is 1. The Labute approximate surface area is 642 Å². The first-order valence-electron chi connectivity index (χ1n) is 37.5. The van der Waals surface area contributed by atoms with Crippen molar-refractivity contribution in [1.29, 1.82) is 0 Å². The Balaban J connectivity index is 0.000000169. The molecule has 0 radical (unpaired) electrons. The number of rotatable bonds is 11. The van der Waals surface area contributed by atoms with Gasteiger partial charge in [0.15, 0.2) is 5.78 Å². The zero-order valence-corrected chi connectivity index (χ0v) is 68.6. The molecule has 0 saturated carbocycles. The van der Waals surface area contributed by atoms with Crippen molar-refractivity contribution in [1.82, 2.24) is 0 Å². The fraction of sp³-hybridized carbons (Fsp3) is 0.252. The van der Waals surface area contributed by atoms with Crippen molar-refractivity contribution in [3.8, 4) is 45.6 Å². The fourth-order valence-corrected chi connectivity index (χ4v) is 12.6. The van der Waals surface area contributed by atoms with Crippen LogP contribution in [0.2, 0.25) is 0 Å². The summed E-state index contributed by atoms with van der Waals surface area (Å²) in [6.45, 7) is 53.4. The van der Waals surface area contributed by atoms with Gasteiger partial charge in [0.2, 0.25) is 0 Å². The van der Waals surface area contributed by atoms with E-state index in [2.05, 4.69) is 299 Å². The summed E-state index contributed by atoms with van der Waals surface area (Å²) in [4.78, 5) is 12.4. The average molecular weight is 1420 g/mol. The zero-order valence-electron chi connectivity index (χ0n) is 68.6. The number of hydrogen-bond acceptors (Lipinski definition) is 4. The molecule has 4 nitrogen and oxygen atoms in total. The van der Waals surface area contributed by atoms with Crippen molar-refractivity contribution in [2.45, 2.75) is 179 Å². The lowest BCUT2D eigenvalue weighted by molar-refractivity contribution is 0.103. The van der Waals surface area contributed by atoms with Gasteiger partial charge in [-0.2, -0.15) is 0 Å². The van der Waals surface area contributed by atoms with Crippen molar-refractivity contribution < 1.29 is 19.0 Å². The third-order valence-electron chi connectivity index (χ3n) is 21.3. The first-order valence-corrected chi connectivity index (χ1v) is 37.5. The van der Waals surface area contributed by atoms with E-state index < -0.39 is 0 Å². The van der Waals surface area contributed by atoms with Crippen LogP contribution in [0.25, 0.3) is 21.9 Å². The molecule has 0 saturated heterocycles. The normalized spacial score (nSPS) is 10.7. The number of aryl methyl sites for hydroxylation is 23. The van der Waals surface area contributed by atoms with Gasteiger partial charge in [-0.15, -0.1) is 0 Å². The van der Waals surface area contributed by atoms with Crippen LogP contribution >= 0.6 is 0 Å². The van der Waals surface area contributed by atoms with Crippen LogP contribution in [-0.4, -0.2) is 5.78 Å². The van der Waals surface area contributed by atoms with E-state index in [0.717, 1.165) is 56.8 Å². The van der Waals surface area contributed by atoms with Gasteiger partial charge in [-0.25, -0.2) is 0 Å². The molecule has 0 amide bonds. The van der Waals surface area contributed by atoms with E-state index in [0.29, 0.717) is 0 Å². The Morgan fingerprint density at radius 3 is 0.748 bits per heavy atom. The molecule has 13 rings (SSSR count). The van der Waals surface area contributed by atoms with E-state index in [1.165, 1.54) is 150 Å². The second kappa shape index (κ2) is 36.9. The Morgan fingerprint density at radius 2 is 0.458 bits per heavy atom. The minimum Gasteiger partial charge on any atom is -0.457 e. The van der Waals surface area contributed by atoms with Crippen LogP contribution in [0.3, 0.4) is 0 Å². The maximum Gasteiger partial charge on any atom is 0.193 e. The Hall–Kier alpha value is -10.8. The van der Waals surface area contributed by atoms with E-state index in [4.69, 9.17) is 14.2 Å². The Bertz CT molecular complexity index is 4910. The van der Waals surface area contributed by atoms with E-state index >= 15 is 0 Å². The fourth-order valence-electron chi connectivity index (χ4n) is 12.6. The molecule has 0 unspecified atom stereocenters. The number of hydrogen-bond donors (Lipinski definition) is 0. The van der Waals surface area contributed by atoms with Crippen LogP contribution in [0.15, 0.2) is 237 Å². The topological polar surface area (TPSA) is 44.8 Å². The second-order valence-electron chi connectivity index (χ2n) is 30.2. The molecule has 0 aromatic heterocycles. The molecule has 0 bridgehead atoms. The van der Waals surface area contributed by atoms with Gasteiger partial charge in [-0.1, -0.05) is 166 Å². The number of fused-ring (bicyclic) bond motifs is 1. The molecule has 107 heavy (non-hydrogen) atoms. The van der Waals surface area contributed by atoms with E-state index in [9.17, 15) is 4.79 Å². The first kappa shape index (κ1) is 81.9. The highest BCUT2D eigenvalue weighted by atomic mass is 16.5. The highest BCUT2D eigenvalue weighted by Gasteiger charge is 2.24. The maximum atomic E-state index is 12.4. The first-order chi connectivity index (χ1) is 50.6. The predicted octanol–water partition coefficient (Wildman–Crippen LogP) is 29.0. The van der Waals surface area contributed by atoms with Gasteiger partial charge >= 0.3 is 0 Å². The minimum atomic E-state index is -0.141. The molecule has 13 aromatic carbocycles. The van der Waals surface area contributed by atoms with Gasteiger partial charge < -0.3 is 14.2 Å². The monoisotopic (exact) mass is 1410 g/mol.